The summed E-state index contributed by atoms with van der Waals surface area (Å²) in [5, 5.41) is 11.3. The summed E-state index contributed by atoms with van der Waals surface area (Å²) in [6.07, 6.45) is 0.876. The van der Waals surface area contributed by atoms with Gasteiger partial charge >= 0.3 is 0 Å². The number of ether oxygens (including phenoxy) is 3. The van der Waals surface area contributed by atoms with Crippen LogP contribution in [0.2, 0.25) is 0 Å². The lowest BCUT2D eigenvalue weighted by Crippen LogP contribution is -2.38. The summed E-state index contributed by atoms with van der Waals surface area (Å²) in [5.41, 5.74) is 1.01. The minimum atomic E-state index is -0.832. The van der Waals surface area contributed by atoms with Crippen LogP contribution in [0, 0.1) is 0 Å². The molecule has 0 spiro atoms. The summed E-state index contributed by atoms with van der Waals surface area (Å²) in [5.74, 6) is 0.0895. The van der Waals surface area contributed by atoms with Gasteiger partial charge in [0.2, 0.25) is 0 Å². The van der Waals surface area contributed by atoms with Crippen LogP contribution < -0.4 is 14.2 Å². The van der Waals surface area contributed by atoms with Crippen LogP contribution in [0.25, 0.3) is 5.76 Å². The molecule has 1 N–H and O–H groups in total. The molecule has 0 radical (unpaired) electrons. The number of hydrogen-bond donors (Lipinski definition) is 1. The number of rotatable bonds is 12. The molecule has 36 heavy (non-hydrogen) atoms. The molecule has 3 rings (SSSR count). The van der Waals surface area contributed by atoms with E-state index in [0.29, 0.717) is 48.1 Å². The van der Waals surface area contributed by atoms with E-state index in [0.717, 1.165) is 19.5 Å². The number of carbonyl (C=O) groups excluding carboxylic acids is 2. The van der Waals surface area contributed by atoms with E-state index in [-0.39, 0.29) is 11.3 Å². The first-order valence-electron chi connectivity index (χ1n) is 12.4. The van der Waals surface area contributed by atoms with Gasteiger partial charge in [0.05, 0.1) is 32.4 Å². The Balaban J connectivity index is 2.13. The van der Waals surface area contributed by atoms with Gasteiger partial charge in [0.25, 0.3) is 11.7 Å². The second-order valence-electron chi connectivity index (χ2n) is 8.50. The van der Waals surface area contributed by atoms with Gasteiger partial charge in [-0.2, -0.15) is 0 Å². The van der Waals surface area contributed by atoms with Gasteiger partial charge in [-0.15, -0.1) is 0 Å². The van der Waals surface area contributed by atoms with Crippen LogP contribution in [0.4, 0.5) is 0 Å². The number of ketones is 1. The van der Waals surface area contributed by atoms with Crippen molar-refractivity contribution >= 4 is 17.4 Å². The average Bonchev–Trinajstić information content (AvgIpc) is 3.16. The summed E-state index contributed by atoms with van der Waals surface area (Å²) in [6.45, 7) is 9.25. The molecule has 1 fully saturated rings. The molecule has 194 valence electrons. The number of likely N-dealkylation sites (N-methyl/N-ethyl adjacent to an activating group) is 1. The normalized spacial score (nSPS) is 17.1. The standard InChI is InChI=1S/C28H36N2O6/c1-6-17-36-20-11-9-19(10-12-20)26(31)24-25(22-18-21(34-4)13-14-23(22)35-5)30(28(33)27(24)32)16-15-29(7-2)8-3/h9-14,18,25,31H,6-8,15-17H2,1-5H3/b26-24+. The molecule has 0 aromatic heterocycles. The Hall–Kier alpha value is -3.52. The minimum absolute atomic E-state index is 0.0216. The van der Waals surface area contributed by atoms with Gasteiger partial charge in [-0.25, -0.2) is 0 Å². The predicted octanol–water partition coefficient (Wildman–Crippen LogP) is 4.26. The zero-order chi connectivity index (χ0) is 26.2. The fraction of sp³-hybridized carbons (Fsp3) is 0.429. The maximum absolute atomic E-state index is 13.3. The van der Waals surface area contributed by atoms with Crippen LogP contribution in [0.15, 0.2) is 48.0 Å². The van der Waals surface area contributed by atoms with Gasteiger partial charge in [0, 0.05) is 24.2 Å². The fourth-order valence-corrected chi connectivity index (χ4v) is 4.36. The van der Waals surface area contributed by atoms with Crippen LogP contribution in [0.5, 0.6) is 17.2 Å². The molecule has 1 aliphatic heterocycles. The monoisotopic (exact) mass is 496 g/mol. The Morgan fingerprint density at radius 3 is 2.22 bits per heavy atom. The highest BCUT2D eigenvalue weighted by molar-refractivity contribution is 6.46. The van der Waals surface area contributed by atoms with Crippen molar-refractivity contribution in [1.82, 2.24) is 9.80 Å². The molecule has 1 heterocycles. The molecule has 0 aliphatic carbocycles. The average molecular weight is 497 g/mol. The van der Waals surface area contributed by atoms with Gasteiger partial charge in [-0.05, 0) is 62.0 Å². The van der Waals surface area contributed by atoms with Crippen molar-refractivity contribution in [2.75, 3.05) is 47.0 Å². The summed E-state index contributed by atoms with van der Waals surface area (Å²) in [6, 6.07) is 11.2. The molecule has 1 saturated heterocycles. The Kier molecular flexibility index (Phi) is 9.36. The van der Waals surface area contributed by atoms with E-state index in [2.05, 4.69) is 4.90 Å². The second kappa shape index (κ2) is 12.4. The summed E-state index contributed by atoms with van der Waals surface area (Å²) < 4.78 is 16.6. The fourth-order valence-electron chi connectivity index (χ4n) is 4.36. The molecule has 2 aromatic rings. The van der Waals surface area contributed by atoms with Crippen molar-refractivity contribution in [3.63, 3.8) is 0 Å². The number of aliphatic hydroxyl groups is 1. The molecule has 1 atom stereocenters. The third-order valence-corrected chi connectivity index (χ3v) is 6.42. The van der Waals surface area contributed by atoms with E-state index in [4.69, 9.17) is 14.2 Å². The lowest BCUT2D eigenvalue weighted by molar-refractivity contribution is -0.140. The van der Waals surface area contributed by atoms with Crippen molar-refractivity contribution in [1.29, 1.82) is 0 Å². The van der Waals surface area contributed by atoms with Crippen LogP contribution >= 0.6 is 0 Å². The number of Topliss-reactive ketones (excluding diaryl/α,β-unsaturated/α-hetero) is 1. The van der Waals surface area contributed by atoms with Crippen molar-refractivity contribution in [2.24, 2.45) is 0 Å². The van der Waals surface area contributed by atoms with Crippen molar-refractivity contribution < 1.29 is 28.9 Å². The van der Waals surface area contributed by atoms with E-state index in [9.17, 15) is 14.7 Å². The Labute approximate surface area is 213 Å². The Morgan fingerprint density at radius 1 is 0.972 bits per heavy atom. The van der Waals surface area contributed by atoms with Gasteiger partial charge in [-0.3, -0.25) is 9.59 Å². The Bertz CT molecular complexity index is 1090. The summed E-state index contributed by atoms with van der Waals surface area (Å²) in [7, 11) is 3.08. The SMILES string of the molecule is CCCOc1ccc(/C(O)=C2\C(=O)C(=O)N(CCN(CC)CC)C2c2cc(OC)ccc2OC)cc1. The van der Waals surface area contributed by atoms with Gasteiger partial charge in [0.1, 0.15) is 23.0 Å². The number of benzene rings is 2. The lowest BCUT2D eigenvalue weighted by atomic mass is 9.94. The molecular weight excluding hydrogens is 460 g/mol. The minimum Gasteiger partial charge on any atom is -0.507 e. The highest BCUT2D eigenvalue weighted by atomic mass is 16.5. The molecule has 1 unspecified atom stereocenters. The number of amides is 1. The maximum atomic E-state index is 13.3. The molecule has 2 aromatic carbocycles. The second-order valence-corrected chi connectivity index (χ2v) is 8.50. The van der Waals surface area contributed by atoms with Gasteiger partial charge in [-0.1, -0.05) is 20.8 Å². The molecule has 0 bridgehead atoms. The summed E-state index contributed by atoms with van der Waals surface area (Å²) >= 11 is 0. The number of hydrogen-bond acceptors (Lipinski definition) is 7. The topological polar surface area (TPSA) is 88.5 Å². The van der Waals surface area contributed by atoms with Crippen LogP contribution in [0.3, 0.4) is 0 Å². The van der Waals surface area contributed by atoms with Crippen LogP contribution in [-0.2, 0) is 9.59 Å². The highest BCUT2D eigenvalue weighted by Gasteiger charge is 2.47. The summed E-state index contributed by atoms with van der Waals surface area (Å²) in [4.78, 5) is 30.3. The lowest BCUT2D eigenvalue weighted by Gasteiger charge is -2.29. The molecule has 1 aliphatic rings. The number of methoxy groups -OCH3 is 2. The third-order valence-electron chi connectivity index (χ3n) is 6.42. The number of nitrogens with zero attached hydrogens (tertiary/aromatic N) is 2. The van der Waals surface area contributed by atoms with E-state index in [1.807, 2.05) is 20.8 Å². The first-order chi connectivity index (χ1) is 17.4. The molecule has 8 heteroatoms. The largest absolute Gasteiger partial charge is 0.507 e. The molecule has 0 saturated carbocycles. The molecular formula is C28H36N2O6. The highest BCUT2D eigenvalue weighted by Crippen LogP contribution is 2.43. The Morgan fingerprint density at radius 2 is 1.64 bits per heavy atom. The maximum Gasteiger partial charge on any atom is 0.295 e. The molecule has 1 amide bonds. The van der Waals surface area contributed by atoms with Crippen molar-refractivity contribution in [2.45, 2.75) is 33.2 Å². The van der Waals surface area contributed by atoms with E-state index < -0.39 is 17.7 Å². The first kappa shape index (κ1) is 27.1. The van der Waals surface area contributed by atoms with E-state index in [1.165, 1.54) is 12.0 Å². The van der Waals surface area contributed by atoms with Gasteiger partial charge < -0.3 is 29.1 Å². The van der Waals surface area contributed by atoms with Crippen LogP contribution in [-0.4, -0.2) is 73.6 Å². The number of aliphatic hydroxyl groups excluding tert-OH is 1. The quantitative estimate of drug-likeness (QED) is 0.267. The first-order valence-corrected chi connectivity index (χ1v) is 12.4. The van der Waals surface area contributed by atoms with Crippen LogP contribution in [0.1, 0.15) is 44.4 Å². The molecule has 8 nitrogen and oxygen atoms in total. The van der Waals surface area contributed by atoms with E-state index in [1.54, 1.807) is 49.6 Å². The van der Waals surface area contributed by atoms with Crippen molar-refractivity contribution in [3.05, 3.63) is 59.2 Å². The smallest absolute Gasteiger partial charge is 0.295 e. The number of likely N-dealkylation sites (tertiary alicyclic amines) is 1. The predicted molar refractivity (Wildman–Crippen MR) is 139 cm³/mol. The zero-order valence-electron chi connectivity index (χ0n) is 21.7. The zero-order valence-corrected chi connectivity index (χ0v) is 21.7. The van der Waals surface area contributed by atoms with Crippen molar-refractivity contribution in [3.8, 4) is 17.2 Å². The van der Waals surface area contributed by atoms with E-state index >= 15 is 0 Å². The van der Waals surface area contributed by atoms with Gasteiger partial charge in [0.15, 0.2) is 0 Å². The number of carbonyl (C=O) groups is 2. The third kappa shape index (κ3) is 5.65.